The molecule has 1 aromatic carbocycles. The fourth-order valence-electron chi connectivity index (χ4n) is 7.69. The first-order chi connectivity index (χ1) is 19.6. The van der Waals surface area contributed by atoms with E-state index >= 15 is 0 Å². The van der Waals surface area contributed by atoms with Gasteiger partial charge in [-0.15, -0.1) is 0 Å². The van der Waals surface area contributed by atoms with Crippen LogP contribution < -0.4 is 10.2 Å². The van der Waals surface area contributed by atoms with Crippen LogP contribution in [0.15, 0.2) is 47.5 Å². The highest BCUT2D eigenvalue weighted by Crippen LogP contribution is 2.55. The van der Waals surface area contributed by atoms with Gasteiger partial charge in [-0.2, -0.15) is 5.26 Å². The molecule has 1 amide bonds. The molecule has 7 nitrogen and oxygen atoms in total. The molecule has 2 aliphatic heterocycles. The molecular weight excluding hydrogens is 510 g/mol. The zero-order valence-electron chi connectivity index (χ0n) is 25.3. The lowest BCUT2D eigenvalue weighted by atomic mass is 9.62. The number of aryl methyl sites for hydroxylation is 1. The predicted molar refractivity (Wildman–Crippen MR) is 164 cm³/mol. The van der Waals surface area contributed by atoms with Gasteiger partial charge in [-0.05, 0) is 101 Å². The third-order valence-corrected chi connectivity index (χ3v) is 10.00. The highest BCUT2D eigenvalue weighted by Gasteiger charge is 2.52. The van der Waals surface area contributed by atoms with E-state index in [-0.39, 0.29) is 23.3 Å². The number of likely N-dealkylation sites (tertiary alicyclic amines) is 1. The average molecular weight is 558 g/mol. The van der Waals surface area contributed by atoms with E-state index in [1.54, 1.807) is 20.1 Å². The summed E-state index contributed by atoms with van der Waals surface area (Å²) in [6.45, 7) is 9.49. The number of anilines is 1. The predicted octanol–water partition coefficient (Wildman–Crippen LogP) is 6.03. The topological polar surface area (TPSA) is 92.0 Å². The third-order valence-electron chi connectivity index (χ3n) is 10.00. The Balaban J connectivity index is 1.40. The van der Waals surface area contributed by atoms with E-state index in [4.69, 9.17) is 4.99 Å². The maximum absolute atomic E-state index is 13.8. The molecule has 1 saturated heterocycles. The second-order valence-electron chi connectivity index (χ2n) is 13.5. The van der Waals surface area contributed by atoms with Crippen LogP contribution in [0.1, 0.15) is 89.7 Å². The molecule has 0 aromatic heterocycles. The highest BCUT2D eigenvalue weighted by atomic mass is 16.3. The number of aliphatic hydroxyl groups is 1. The first kappa shape index (κ1) is 29.4. The zero-order chi connectivity index (χ0) is 29.2. The number of nitrogens with one attached hydrogen (secondary N) is 1. The van der Waals surface area contributed by atoms with Gasteiger partial charge < -0.3 is 15.3 Å². The maximum atomic E-state index is 13.8. The summed E-state index contributed by atoms with van der Waals surface area (Å²) < 4.78 is 0. The van der Waals surface area contributed by atoms with Crippen molar-refractivity contribution in [2.75, 3.05) is 18.0 Å². The Labute approximate surface area is 246 Å². The van der Waals surface area contributed by atoms with Crippen molar-refractivity contribution in [3.63, 3.8) is 0 Å². The van der Waals surface area contributed by atoms with Crippen molar-refractivity contribution in [2.24, 2.45) is 28.2 Å². The number of hydrogen-bond donors (Lipinski definition) is 2. The number of nitriles is 1. The summed E-state index contributed by atoms with van der Waals surface area (Å²) in [4.78, 5) is 22.8. The second kappa shape index (κ2) is 12.0. The molecule has 7 heteroatoms. The van der Waals surface area contributed by atoms with Crippen LogP contribution >= 0.6 is 0 Å². The number of aliphatic imine (C=N–C) groups is 1. The summed E-state index contributed by atoms with van der Waals surface area (Å²) in [6, 6.07) is 8.02. The van der Waals surface area contributed by atoms with Crippen LogP contribution in [0.5, 0.6) is 0 Å². The molecule has 220 valence electrons. The van der Waals surface area contributed by atoms with Crippen molar-refractivity contribution in [3.05, 3.63) is 53.6 Å². The highest BCUT2D eigenvalue weighted by molar-refractivity contribution is 5.82. The van der Waals surface area contributed by atoms with Crippen molar-refractivity contribution in [1.82, 2.24) is 10.2 Å². The summed E-state index contributed by atoms with van der Waals surface area (Å²) in [5.41, 5.74) is 2.13. The Kier molecular flexibility index (Phi) is 8.61. The lowest BCUT2D eigenvalue weighted by Gasteiger charge is -2.48. The number of carbonyl (C=O) groups excluding carboxylic acids is 1. The molecule has 4 aliphatic rings. The van der Waals surface area contributed by atoms with Gasteiger partial charge in [-0.25, -0.2) is 4.99 Å². The molecule has 2 heterocycles. The molecule has 3 unspecified atom stereocenters. The van der Waals surface area contributed by atoms with Gasteiger partial charge in [0.25, 0.3) is 0 Å². The van der Waals surface area contributed by atoms with Gasteiger partial charge >= 0.3 is 0 Å². The van der Waals surface area contributed by atoms with Crippen LogP contribution in [-0.2, 0) is 4.79 Å². The smallest absolute Gasteiger partial charge is 0.231 e. The van der Waals surface area contributed by atoms with Gasteiger partial charge in [-0.1, -0.05) is 31.9 Å². The van der Waals surface area contributed by atoms with Gasteiger partial charge in [0.15, 0.2) is 5.82 Å². The number of allylic oxidation sites excluding steroid dienone is 1. The number of benzene rings is 1. The summed E-state index contributed by atoms with van der Waals surface area (Å²) in [5, 5.41) is 23.3. The molecule has 0 radical (unpaired) electrons. The molecule has 5 atom stereocenters. The third kappa shape index (κ3) is 6.23. The standard InChI is InChI=1S/C34H47N5O2/c1-5-6-7-15-38(29-16-25(19-35)11-10-24(29)2)22-26-9-8-14-34(18-26)23-39(32(40)27-12-13-28(34)17-27)31-21-36-30(20-37-31)33(3,4)41/h7,10-11,15-16,20-21,26-28,30,36,41H,5-6,8-9,12-14,17-18,22-23H2,1-4H3/b15-7+/t26-,27?,28?,30?,34-/m0/s1. The van der Waals surface area contributed by atoms with Crippen molar-refractivity contribution < 1.29 is 9.90 Å². The Bertz CT molecular complexity index is 1250. The normalized spacial score (nSPS) is 29.8. The summed E-state index contributed by atoms with van der Waals surface area (Å²) in [5.74, 6) is 2.02. The summed E-state index contributed by atoms with van der Waals surface area (Å²) in [7, 11) is 0. The first-order valence-corrected chi connectivity index (χ1v) is 15.6. The van der Waals surface area contributed by atoms with E-state index in [0.717, 1.165) is 63.7 Å². The SMILES string of the molecule is CCC/C=C/N(C[C@H]1CCC[C@]2(C1)CN(C1=CNC(C(C)(C)O)C=N1)C(=O)C1CCC2C1)c1cc(C#N)ccc1C. The van der Waals surface area contributed by atoms with E-state index in [0.29, 0.717) is 23.2 Å². The minimum absolute atomic E-state index is 0.0766. The van der Waals surface area contributed by atoms with Crippen LogP contribution in [0.25, 0.3) is 0 Å². The van der Waals surface area contributed by atoms with Gasteiger partial charge in [0.2, 0.25) is 5.91 Å². The number of nitrogens with zero attached hydrogens (tertiary/aromatic N) is 4. The molecule has 1 spiro atoms. The van der Waals surface area contributed by atoms with E-state index in [9.17, 15) is 15.2 Å². The monoisotopic (exact) mass is 557 g/mol. The van der Waals surface area contributed by atoms with E-state index < -0.39 is 5.60 Å². The molecule has 1 aromatic rings. The molecule has 3 fully saturated rings. The summed E-state index contributed by atoms with van der Waals surface area (Å²) >= 11 is 0. The van der Waals surface area contributed by atoms with Crippen molar-refractivity contribution in [1.29, 1.82) is 5.26 Å². The van der Waals surface area contributed by atoms with Crippen molar-refractivity contribution in [3.8, 4) is 6.07 Å². The lowest BCUT2D eigenvalue weighted by molar-refractivity contribution is -0.134. The fourth-order valence-corrected chi connectivity index (χ4v) is 7.69. The van der Waals surface area contributed by atoms with Gasteiger partial charge in [0.1, 0.15) is 0 Å². The van der Waals surface area contributed by atoms with Crippen LogP contribution in [0, 0.1) is 41.4 Å². The minimum Gasteiger partial charge on any atom is -0.388 e. The number of amides is 1. The number of fused-ring (bicyclic) bond motifs is 3. The molecule has 2 aliphatic carbocycles. The molecule has 2 bridgehead atoms. The first-order valence-electron chi connectivity index (χ1n) is 15.6. The van der Waals surface area contributed by atoms with Crippen LogP contribution in [0.4, 0.5) is 5.69 Å². The number of hydrogen-bond acceptors (Lipinski definition) is 6. The molecule has 41 heavy (non-hydrogen) atoms. The quantitative estimate of drug-likeness (QED) is 0.407. The van der Waals surface area contributed by atoms with Gasteiger partial charge in [0, 0.05) is 43.3 Å². The van der Waals surface area contributed by atoms with E-state index in [2.05, 4.69) is 48.5 Å². The Morgan fingerprint density at radius 2 is 2.15 bits per heavy atom. The lowest BCUT2D eigenvalue weighted by Crippen LogP contribution is -2.50. The molecular formula is C34H47N5O2. The molecule has 5 rings (SSSR count). The Morgan fingerprint density at radius 3 is 2.85 bits per heavy atom. The van der Waals surface area contributed by atoms with Crippen LogP contribution in [0.2, 0.25) is 0 Å². The number of unbranched alkanes of at least 4 members (excludes halogenated alkanes) is 1. The number of carbonyl (C=O) groups is 1. The average Bonchev–Trinajstić information content (AvgIpc) is 3.43. The van der Waals surface area contributed by atoms with E-state index in [1.165, 1.54) is 18.4 Å². The van der Waals surface area contributed by atoms with Crippen molar-refractivity contribution in [2.45, 2.75) is 97.1 Å². The largest absolute Gasteiger partial charge is 0.388 e. The van der Waals surface area contributed by atoms with Gasteiger partial charge in [-0.3, -0.25) is 9.69 Å². The fraction of sp³-hybridized carbons (Fsp3) is 0.618. The minimum atomic E-state index is -0.937. The number of rotatable bonds is 8. The second-order valence-corrected chi connectivity index (χ2v) is 13.5. The van der Waals surface area contributed by atoms with E-state index in [1.807, 2.05) is 23.2 Å². The zero-order valence-corrected chi connectivity index (χ0v) is 25.3. The molecule has 2 saturated carbocycles. The van der Waals surface area contributed by atoms with Crippen LogP contribution in [-0.4, -0.2) is 46.9 Å². The molecule has 2 N–H and O–H groups in total. The van der Waals surface area contributed by atoms with Crippen LogP contribution in [0.3, 0.4) is 0 Å². The summed E-state index contributed by atoms with van der Waals surface area (Å²) in [6.07, 6.45) is 17.9. The maximum Gasteiger partial charge on any atom is 0.231 e. The van der Waals surface area contributed by atoms with Gasteiger partial charge in [0.05, 0.1) is 23.3 Å². The van der Waals surface area contributed by atoms with Crippen molar-refractivity contribution >= 4 is 17.8 Å². The Morgan fingerprint density at radius 1 is 1.32 bits per heavy atom. The Hall–Kier alpha value is -3.11.